The molecule has 0 radical (unpaired) electrons. The van der Waals surface area contributed by atoms with Gasteiger partial charge in [0.25, 0.3) is 0 Å². The molecule has 110 valence electrons. The molecule has 5 heteroatoms. The monoisotopic (exact) mass is 327 g/mol. The highest BCUT2D eigenvalue weighted by atomic mass is 35.5. The van der Waals surface area contributed by atoms with Crippen LogP contribution in [-0.2, 0) is 11.0 Å². The van der Waals surface area contributed by atoms with Crippen LogP contribution in [0.25, 0.3) is 10.2 Å². The molecule has 0 bridgehead atoms. The molecule has 20 heavy (non-hydrogen) atoms. The second-order valence-corrected chi connectivity index (χ2v) is 13.1. The molecular weight excluding hydrogens is 306 g/mol. The summed E-state index contributed by atoms with van der Waals surface area (Å²) in [5.41, 5.74) is 1.94. The van der Waals surface area contributed by atoms with E-state index in [1.807, 2.05) is 13.0 Å². The summed E-state index contributed by atoms with van der Waals surface area (Å²) in [5.74, 6) is 0. The molecule has 2 nitrogen and oxygen atoms in total. The fourth-order valence-electron chi connectivity index (χ4n) is 1.70. The largest absolute Gasteiger partial charge is 0.412 e. The van der Waals surface area contributed by atoms with Crippen LogP contribution in [0.4, 0.5) is 0 Å². The van der Waals surface area contributed by atoms with Gasteiger partial charge in [-0.1, -0.05) is 32.4 Å². The summed E-state index contributed by atoms with van der Waals surface area (Å²) in [4.78, 5) is 5.73. The average molecular weight is 328 g/mol. The molecule has 0 N–H and O–H groups in total. The van der Waals surface area contributed by atoms with Gasteiger partial charge < -0.3 is 4.43 Å². The maximum atomic E-state index is 6.28. The number of nitrogens with zero attached hydrogens (tertiary/aromatic N) is 1. The molecule has 2 rings (SSSR count). The van der Waals surface area contributed by atoms with Crippen molar-refractivity contribution in [2.75, 3.05) is 0 Å². The maximum absolute atomic E-state index is 6.28. The van der Waals surface area contributed by atoms with Crippen LogP contribution >= 0.6 is 22.9 Å². The van der Waals surface area contributed by atoms with E-state index in [1.165, 1.54) is 4.88 Å². The van der Waals surface area contributed by atoms with Gasteiger partial charge in [0.15, 0.2) is 8.32 Å². The second kappa shape index (κ2) is 5.41. The number of pyridine rings is 1. The Bertz CT molecular complexity index is 631. The van der Waals surface area contributed by atoms with E-state index in [0.29, 0.717) is 6.61 Å². The topological polar surface area (TPSA) is 22.1 Å². The van der Waals surface area contributed by atoms with Crippen LogP contribution < -0.4 is 0 Å². The normalized spacial score (nSPS) is 13.2. The van der Waals surface area contributed by atoms with Gasteiger partial charge in [-0.25, -0.2) is 0 Å². The van der Waals surface area contributed by atoms with Gasteiger partial charge in [0.05, 0.1) is 21.8 Å². The Morgan fingerprint density at radius 2 is 1.95 bits per heavy atom. The van der Waals surface area contributed by atoms with E-state index < -0.39 is 8.32 Å². The number of aryl methyl sites for hydroxylation is 1. The summed E-state index contributed by atoms with van der Waals surface area (Å²) in [6.07, 6.45) is 0. The SMILES string of the molecule is Cc1cc(Cl)c2sc(CO[Si](C)(C)C(C)(C)C)cc2n1. The van der Waals surface area contributed by atoms with Crippen molar-refractivity contribution in [2.45, 2.75) is 52.4 Å². The predicted molar refractivity (Wildman–Crippen MR) is 91.4 cm³/mol. The molecule has 0 aromatic carbocycles. The number of aromatic nitrogens is 1. The Labute approximate surface area is 131 Å². The minimum absolute atomic E-state index is 0.232. The summed E-state index contributed by atoms with van der Waals surface area (Å²) in [7, 11) is -1.71. The lowest BCUT2D eigenvalue weighted by Crippen LogP contribution is -2.40. The van der Waals surface area contributed by atoms with Crippen molar-refractivity contribution in [1.29, 1.82) is 0 Å². The molecule has 0 aliphatic rings. The molecule has 0 fully saturated rings. The van der Waals surface area contributed by atoms with Gasteiger partial charge in [0.1, 0.15) is 0 Å². The minimum atomic E-state index is -1.71. The highest BCUT2D eigenvalue weighted by Crippen LogP contribution is 2.38. The molecule has 0 saturated carbocycles. The van der Waals surface area contributed by atoms with E-state index in [9.17, 15) is 0 Å². The summed E-state index contributed by atoms with van der Waals surface area (Å²) in [5, 5.41) is 1.02. The Morgan fingerprint density at radius 1 is 1.30 bits per heavy atom. The van der Waals surface area contributed by atoms with Gasteiger partial charge in [0.2, 0.25) is 0 Å². The molecular formula is C15H22ClNOSSi. The first-order chi connectivity index (χ1) is 9.10. The van der Waals surface area contributed by atoms with Crippen LogP contribution in [0.2, 0.25) is 23.2 Å². The zero-order valence-electron chi connectivity index (χ0n) is 13.0. The van der Waals surface area contributed by atoms with Gasteiger partial charge in [-0.15, -0.1) is 11.3 Å². The summed E-state index contributed by atoms with van der Waals surface area (Å²) in [6.45, 7) is 13.9. The third-order valence-corrected chi connectivity index (χ3v) is 10.0. The van der Waals surface area contributed by atoms with Crippen LogP contribution in [0.1, 0.15) is 31.3 Å². The first-order valence-corrected chi connectivity index (χ1v) is 10.9. The maximum Gasteiger partial charge on any atom is 0.192 e. The van der Waals surface area contributed by atoms with Gasteiger partial charge in [-0.2, -0.15) is 0 Å². The van der Waals surface area contributed by atoms with E-state index >= 15 is 0 Å². The molecule has 0 aliphatic heterocycles. The molecule has 0 saturated heterocycles. The quantitative estimate of drug-likeness (QED) is 0.666. The minimum Gasteiger partial charge on any atom is -0.412 e. The van der Waals surface area contributed by atoms with Gasteiger partial charge >= 0.3 is 0 Å². The van der Waals surface area contributed by atoms with Gasteiger partial charge in [-0.3, -0.25) is 4.98 Å². The van der Waals surface area contributed by atoms with Crippen molar-refractivity contribution in [3.05, 3.63) is 27.7 Å². The van der Waals surface area contributed by atoms with Crippen molar-refractivity contribution >= 4 is 41.5 Å². The van der Waals surface area contributed by atoms with Crippen molar-refractivity contribution in [1.82, 2.24) is 4.98 Å². The van der Waals surface area contributed by atoms with Gasteiger partial charge in [0, 0.05) is 10.6 Å². The average Bonchev–Trinajstić information content (AvgIpc) is 2.68. The third kappa shape index (κ3) is 3.25. The van der Waals surface area contributed by atoms with E-state index in [0.717, 1.165) is 20.9 Å². The smallest absolute Gasteiger partial charge is 0.192 e. The lowest BCUT2D eigenvalue weighted by Gasteiger charge is -2.35. The van der Waals surface area contributed by atoms with Crippen LogP contribution in [0.3, 0.4) is 0 Å². The molecule has 0 amide bonds. The van der Waals surface area contributed by atoms with Gasteiger partial charge in [-0.05, 0) is 37.2 Å². The van der Waals surface area contributed by atoms with Crippen molar-refractivity contribution in [3.8, 4) is 0 Å². The molecule has 0 unspecified atom stereocenters. The van der Waals surface area contributed by atoms with E-state index in [1.54, 1.807) is 11.3 Å². The third-order valence-electron chi connectivity index (χ3n) is 3.99. The summed E-state index contributed by atoms with van der Waals surface area (Å²) < 4.78 is 7.32. The number of halogens is 1. The molecule has 2 heterocycles. The second-order valence-electron chi connectivity index (χ2n) is 6.72. The fraction of sp³-hybridized carbons (Fsp3) is 0.533. The number of thiophene rings is 1. The number of hydrogen-bond donors (Lipinski definition) is 0. The zero-order valence-corrected chi connectivity index (χ0v) is 15.6. The van der Waals surface area contributed by atoms with Crippen LogP contribution in [0.5, 0.6) is 0 Å². The first-order valence-electron chi connectivity index (χ1n) is 6.80. The van der Waals surface area contributed by atoms with Crippen LogP contribution in [0, 0.1) is 6.92 Å². The zero-order chi connectivity index (χ0) is 15.1. The predicted octanol–water partition coefficient (Wildman–Crippen LogP) is 5.78. The fourth-order valence-corrected chi connectivity index (χ4v) is 4.04. The Balaban J connectivity index is 2.21. The number of fused-ring (bicyclic) bond motifs is 1. The molecule has 0 spiro atoms. The highest BCUT2D eigenvalue weighted by Gasteiger charge is 2.37. The molecule has 2 aromatic heterocycles. The molecule has 0 atom stereocenters. The molecule has 0 aliphatic carbocycles. The van der Waals surface area contributed by atoms with Crippen molar-refractivity contribution < 1.29 is 4.43 Å². The summed E-state index contributed by atoms with van der Waals surface area (Å²) >= 11 is 7.96. The standard InChI is InChI=1S/C15H22ClNOSSi/c1-10-7-12(16)14-13(17-10)8-11(19-14)9-18-20(5,6)15(2,3)4/h7-8H,9H2,1-6H3. The Hall–Kier alpha value is -0.423. The van der Waals surface area contributed by atoms with E-state index in [2.05, 4.69) is 44.9 Å². The number of hydrogen-bond acceptors (Lipinski definition) is 3. The Kier molecular flexibility index (Phi) is 4.31. The van der Waals surface area contributed by atoms with Crippen molar-refractivity contribution in [2.24, 2.45) is 0 Å². The number of rotatable bonds is 3. The van der Waals surface area contributed by atoms with E-state index in [-0.39, 0.29) is 5.04 Å². The van der Waals surface area contributed by atoms with Crippen LogP contribution in [-0.4, -0.2) is 13.3 Å². The Morgan fingerprint density at radius 3 is 2.55 bits per heavy atom. The van der Waals surface area contributed by atoms with Crippen LogP contribution in [0.15, 0.2) is 12.1 Å². The lowest BCUT2D eigenvalue weighted by molar-refractivity contribution is 0.279. The van der Waals surface area contributed by atoms with Crippen molar-refractivity contribution in [3.63, 3.8) is 0 Å². The summed E-state index contributed by atoms with van der Waals surface area (Å²) in [6, 6.07) is 4.02. The lowest BCUT2D eigenvalue weighted by atomic mass is 10.2. The van der Waals surface area contributed by atoms with E-state index in [4.69, 9.17) is 16.0 Å². The molecule has 2 aromatic rings. The highest BCUT2D eigenvalue weighted by molar-refractivity contribution is 7.19. The first kappa shape index (κ1) is 16.0.